The fraction of sp³-hybridized carbons (Fsp3) is 0.429. The summed E-state index contributed by atoms with van der Waals surface area (Å²) in [5, 5.41) is 8.67. The summed E-state index contributed by atoms with van der Waals surface area (Å²) in [7, 11) is -3.48. The average molecular weight is 279 g/mol. The molecule has 0 aromatic heterocycles. The van der Waals surface area contributed by atoms with Crippen LogP contribution in [0.4, 0.5) is 0 Å². The van der Waals surface area contributed by atoms with Crippen molar-refractivity contribution >= 4 is 10.0 Å². The van der Waals surface area contributed by atoms with Gasteiger partial charge in [0.15, 0.2) is 0 Å². The molecule has 2 rings (SSSR count). The molecule has 1 aliphatic rings. The third-order valence-electron chi connectivity index (χ3n) is 3.22. The van der Waals surface area contributed by atoms with Crippen LogP contribution in [0.3, 0.4) is 0 Å². The zero-order chi connectivity index (χ0) is 13.9. The fourth-order valence-corrected chi connectivity index (χ4v) is 3.49. The van der Waals surface area contributed by atoms with Crippen molar-refractivity contribution in [3.05, 3.63) is 29.3 Å². The topological polar surface area (TPSA) is 66.4 Å². The predicted octanol–water partition coefficient (Wildman–Crippen LogP) is 1.17. The number of benzene rings is 1. The lowest BCUT2D eigenvalue weighted by molar-refractivity contribution is 0.350. The lowest BCUT2D eigenvalue weighted by atomic mass is 9.94. The van der Waals surface area contributed by atoms with Crippen molar-refractivity contribution in [3.63, 3.8) is 0 Å². The lowest BCUT2D eigenvalue weighted by Crippen LogP contribution is -2.39. The summed E-state index contributed by atoms with van der Waals surface area (Å²) in [4.78, 5) is 0.268. The smallest absolute Gasteiger partial charge is 0.241 e. The van der Waals surface area contributed by atoms with E-state index >= 15 is 0 Å². The number of rotatable bonds is 3. The van der Waals surface area contributed by atoms with E-state index in [4.69, 9.17) is 5.11 Å². The second-order valence-corrected chi connectivity index (χ2v) is 6.37. The molecule has 0 bridgehead atoms. The number of aliphatic hydroxyl groups excluding tert-OH is 1. The van der Waals surface area contributed by atoms with Gasteiger partial charge in [0.25, 0.3) is 0 Å². The van der Waals surface area contributed by atoms with E-state index < -0.39 is 10.0 Å². The minimum atomic E-state index is -3.48. The maximum atomic E-state index is 12.3. The summed E-state index contributed by atoms with van der Waals surface area (Å²) in [5.74, 6) is 5.24. The van der Waals surface area contributed by atoms with E-state index in [0.717, 1.165) is 19.3 Å². The van der Waals surface area contributed by atoms with E-state index in [1.54, 1.807) is 25.1 Å². The third-order valence-corrected chi connectivity index (χ3v) is 4.88. The summed E-state index contributed by atoms with van der Waals surface area (Å²) in [6, 6.07) is 5.10. The summed E-state index contributed by atoms with van der Waals surface area (Å²) in [6.07, 6.45) is 2.89. The molecule has 0 unspecified atom stereocenters. The molecular weight excluding hydrogens is 262 g/mol. The highest BCUT2D eigenvalue weighted by molar-refractivity contribution is 7.89. The van der Waals surface area contributed by atoms with Crippen molar-refractivity contribution in [2.24, 2.45) is 0 Å². The van der Waals surface area contributed by atoms with Gasteiger partial charge in [0, 0.05) is 11.6 Å². The summed E-state index contributed by atoms with van der Waals surface area (Å²) < 4.78 is 27.3. The Morgan fingerprint density at radius 1 is 1.42 bits per heavy atom. The molecule has 0 atom stereocenters. The second-order valence-electron chi connectivity index (χ2n) is 4.69. The molecule has 1 aliphatic carbocycles. The molecule has 19 heavy (non-hydrogen) atoms. The van der Waals surface area contributed by atoms with Crippen molar-refractivity contribution in [1.29, 1.82) is 0 Å². The maximum absolute atomic E-state index is 12.3. The van der Waals surface area contributed by atoms with Gasteiger partial charge in [-0.25, -0.2) is 13.1 Å². The molecule has 0 saturated heterocycles. The fourth-order valence-electron chi connectivity index (χ4n) is 1.92. The van der Waals surface area contributed by atoms with Gasteiger partial charge in [-0.15, -0.1) is 0 Å². The number of sulfonamides is 1. The lowest BCUT2D eigenvalue weighted by Gasteiger charge is -2.26. The normalized spacial score (nSPS) is 15.5. The molecule has 1 saturated carbocycles. The number of hydrogen-bond donors (Lipinski definition) is 2. The first kappa shape index (κ1) is 14.1. The molecule has 0 spiro atoms. The molecule has 1 aromatic rings. The largest absolute Gasteiger partial charge is 0.384 e. The highest BCUT2D eigenvalue weighted by atomic mass is 32.2. The van der Waals surface area contributed by atoms with Gasteiger partial charge in [0.1, 0.15) is 6.61 Å². The SMILES string of the molecule is Cc1ccc(C#CCO)cc1S(=O)(=O)NC1CCC1. The summed E-state index contributed by atoms with van der Waals surface area (Å²) >= 11 is 0. The van der Waals surface area contributed by atoms with Gasteiger partial charge in [0.2, 0.25) is 10.0 Å². The molecule has 1 aromatic carbocycles. The second kappa shape index (κ2) is 5.74. The molecule has 0 amide bonds. The predicted molar refractivity (Wildman–Crippen MR) is 73.1 cm³/mol. The summed E-state index contributed by atoms with van der Waals surface area (Å²) in [5.41, 5.74) is 1.29. The maximum Gasteiger partial charge on any atom is 0.241 e. The van der Waals surface area contributed by atoms with Crippen molar-refractivity contribution in [1.82, 2.24) is 4.72 Å². The van der Waals surface area contributed by atoms with Gasteiger partial charge in [0.05, 0.1) is 4.90 Å². The van der Waals surface area contributed by atoms with Crippen LogP contribution in [0, 0.1) is 18.8 Å². The molecular formula is C14H17NO3S. The van der Waals surface area contributed by atoms with Crippen LogP contribution in [0.1, 0.15) is 30.4 Å². The molecule has 0 heterocycles. The van der Waals surface area contributed by atoms with Crippen molar-refractivity contribution in [3.8, 4) is 11.8 Å². The monoisotopic (exact) mass is 279 g/mol. The number of aliphatic hydroxyl groups is 1. The Morgan fingerprint density at radius 3 is 2.74 bits per heavy atom. The van der Waals surface area contributed by atoms with E-state index in [-0.39, 0.29) is 17.5 Å². The van der Waals surface area contributed by atoms with Crippen LogP contribution < -0.4 is 4.72 Å². The minimum absolute atomic E-state index is 0.0663. The first-order valence-corrected chi connectivity index (χ1v) is 7.74. The zero-order valence-corrected chi connectivity index (χ0v) is 11.6. The van der Waals surface area contributed by atoms with E-state index in [0.29, 0.717) is 11.1 Å². The van der Waals surface area contributed by atoms with E-state index in [1.807, 2.05) is 0 Å². The molecule has 0 radical (unpaired) electrons. The standard InChI is InChI=1S/C14H17NO3S/c1-11-7-8-12(4-3-9-16)10-14(11)19(17,18)15-13-5-2-6-13/h7-8,10,13,15-16H,2,5-6,9H2,1H3. The van der Waals surface area contributed by atoms with Gasteiger partial charge in [-0.1, -0.05) is 24.3 Å². The van der Waals surface area contributed by atoms with E-state index in [9.17, 15) is 8.42 Å². The van der Waals surface area contributed by atoms with Crippen molar-refractivity contribution in [2.45, 2.75) is 37.1 Å². The molecule has 2 N–H and O–H groups in total. The Hall–Kier alpha value is -1.35. The molecule has 5 heteroatoms. The number of nitrogens with one attached hydrogen (secondary N) is 1. The molecule has 4 nitrogen and oxygen atoms in total. The Labute approximate surface area is 113 Å². The van der Waals surface area contributed by atoms with Crippen LogP contribution in [-0.4, -0.2) is 26.2 Å². The van der Waals surface area contributed by atoms with Crippen LogP contribution in [0.25, 0.3) is 0 Å². The van der Waals surface area contributed by atoms with Gasteiger partial charge in [-0.05, 0) is 37.5 Å². The highest BCUT2D eigenvalue weighted by Crippen LogP contribution is 2.23. The van der Waals surface area contributed by atoms with Crippen molar-refractivity contribution < 1.29 is 13.5 Å². The van der Waals surface area contributed by atoms with Gasteiger partial charge < -0.3 is 5.11 Å². The Bertz CT molecular complexity index is 622. The van der Waals surface area contributed by atoms with Gasteiger partial charge in [-0.3, -0.25) is 0 Å². The Kier molecular flexibility index (Phi) is 4.25. The Balaban J connectivity index is 2.31. The minimum Gasteiger partial charge on any atom is -0.384 e. The highest BCUT2D eigenvalue weighted by Gasteiger charge is 2.25. The first-order valence-electron chi connectivity index (χ1n) is 6.25. The third kappa shape index (κ3) is 3.35. The summed E-state index contributed by atoms with van der Waals surface area (Å²) in [6.45, 7) is 1.52. The Morgan fingerprint density at radius 2 is 2.16 bits per heavy atom. The van der Waals surface area contributed by atoms with Crippen LogP contribution in [-0.2, 0) is 10.0 Å². The molecule has 0 aliphatic heterocycles. The van der Waals surface area contributed by atoms with Crippen LogP contribution >= 0.6 is 0 Å². The quantitative estimate of drug-likeness (QED) is 0.816. The van der Waals surface area contributed by atoms with E-state index in [1.165, 1.54) is 0 Å². The first-order chi connectivity index (χ1) is 9.03. The zero-order valence-electron chi connectivity index (χ0n) is 10.8. The molecule has 1 fully saturated rings. The number of hydrogen-bond acceptors (Lipinski definition) is 3. The van der Waals surface area contributed by atoms with E-state index in [2.05, 4.69) is 16.6 Å². The number of aryl methyl sites for hydroxylation is 1. The van der Waals surface area contributed by atoms with Gasteiger partial charge >= 0.3 is 0 Å². The average Bonchev–Trinajstić information content (AvgIpc) is 2.33. The van der Waals surface area contributed by atoms with Gasteiger partial charge in [-0.2, -0.15) is 0 Å². The van der Waals surface area contributed by atoms with Crippen LogP contribution in [0.2, 0.25) is 0 Å². The van der Waals surface area contributed by atoms with Crippen LogP contribution in [0.15, 0.2) is 23.1 Å². The molecule has 102 valence electrons. The van der Waals surface area contributed by atoms with Crippen LogP contribution in [0.5, 0.6) is 0 Å². The van der Waals surface area contributed by atoms with Crippen molar-refractivity contribution in [2.75, 3.05) is 6.61 Å².